The van der Waals surface area contributed by atoms with E-state index in [1.807, 2.05) is 13.8 Å². The Balaban J connectivity index is 2.08. The Morgan fingerprint density at radius 3 is 2.30 bits per heavy atom. The van der Waals surface area contributed by atoms with Crippen molar-refractivity contribution in [2.75, 3.05) is 36.4 Å². The summed E-state index contributed by atoms with van der Waals surface area (Å²) in [7, 11) is -3.23. The first kappa shape index (κ1) is 29.2. The third-order valence-electron chi connectivity index (χ3n) is 6.75. The smallest absolute Gasteiger partial charge is 0.321 e. The number of urea groups is 1. The zero-order valence-electron chi connectivity index (χ0n) is 22.6. The van der Waals surface area contributed by atoms with Crippen molar-refractivity contribution in [2.45, 2.75) is 31.2 Å². The van der Waals surface area contributed by atoms with Gasteiger partial charge in [0.1, 0.15) is 16.4 Å². The van der Waals surface area contributed by atoms with Gasteiger partial charge in [-0.05, 0) is 51.1 Å². The van der Waals surface area contributed by atoms with E-state index in [2.05, 4.69) is 5.32 Å². The highest BCUT2D eigenvalue weighted by Gasteiger charge is 2.57. The summed E-state index contributed by atoms with van der Waals surface area (Å²) in [5, 5.41) is 2.98. The van der Waals surface area contributed by atoms with Crippen LogP contribution in [0.2, 0.25) is 5.02 Å². The number of sulfonamides is 1. The predicted octanol–water partition coefficient (Wildman–Crippen LogP) is 4.56. The standard InChI is InChI=1S/C28H31ClN4O6S/c1-5-32(6-2)27(35)31-25-22(39-7-3)17-16-20-24(25)28(30,18-12-8-9-13-19(18)29)26(34)33(20)40(36,37)23-15-11-10-14-21(23)38-4/h8-17H,5-7,30H2,1-4H3,(H,31,35). The number of hydrogen-bond donors (Lipinski definition) is 2. The Hall–Kier alpha value is -3.80. The lowest BCUT2D eigenvalue weighted by Gasteiger charge is -2.28. The van der Waals surface area contributed by atoms with Gasteiger partial charge in [-0.1, -0.05) is 41.9 Å². The topological polar surface area (TPSA) is 131 Å². The van der Waals surface area contributed by atoms with Crippen LogP contribution >= 0.6 is 11.6 Å². The summed E-state index contributed by atoms with van der Waals surface area (Å²) in [5.41, 5.74) is 5.08. The van der Waals surface area contributed by atoms with Gasteiger partial charge >= 0.3 is 6.03 Å². The van der Waals surface area contributed by atoms with Crippen LogP contribution in [0.25, 0.3) is 0 Å². The molecule has 3 aromatic carbocycles. The summed E-state index contributed by atoms with van der Waals surface area (Å²) in [4.78, 5) is 28.9. The van der Waals surface area contributed by atoms with E-state index in [0.717, 1.165) is 0 Å². The Bertz CT molecular complexity index is 1560. The molecule has 212 valence electrons. The molecule has 0 saturated heterocycles. The highest BCUT2D eigenvalue weighted by atomic mass is 35.5. The summed E-state index contributed by atoms with van der Waals surface area (Å²) in [6.45, 7) is 6.46. The number of fused-ring (bicyclic) bond motifs is 1. The molecule has 10 nitrogen and oxygen atoms in total. The first-order chi connectivity index (χ1) is 19.1. The lowest BCUT2D eigenvalue weighted by atomic mass is 9.83. The fourth-order valence-electron chi connectivity index (χ4n) is 4.81. The van der Waals surface area contributed by atoms with Crippen LogP contribution < -0.4 is 24.8 Å². The van der Waals surface area contributed by atoms with Crippen molar-refractivity contribution in [1.29, 1.82) is 0 Å². The fourth-order valence-corrected chi connectivity index (χ4v) is 6.72. The van der Waals surface area contributed by atoms with Gasteiger partial charge in [0.2, 0.25) is 0 Å². The summed E-state index contributed by atoms with van der Waals surface area (Å²) >= 11 is 6.56. The number of benzene rings is 3. The number of carbonyl (C=O) groups excluding carboxylic acids is 2. The first-order valence-electron chi connectivity index (χ1n) is 12.7. The molecule has 0 fully saturated rings. The monoisotopic (exact) mass is 586 g/mol. The normalized spacial score (nSPS) is 16.4. The van der Waals surface area contributed by atoms with Gasteiger partial charge in [-0.2, -0.15) is 0 Å². The minimum absolute atomic E-state index is 0.0375. The highest BCUT2D eigenvalue weighted by molar-refractivity contribution is 7.93. The van der Waals surface area contributed by atoms with E-state index >= 15 is 0 Å². The molecule has 1 atom stereocenters. The van der Waals surface area contributed by atoms with Crippen LogP contribution in [0.1, 0.15) is 31.9 Å². The van der Waals surface area contributed by atoms with Crippen molar-refractivity contribution in [2.24, 2.45) is 5.73 Å². The van der Waals surface area contributed by atoms with Crippen LogP contribution in [0.5, 0.6) is 11.5 Å². The largest absolute Gasteiger partial charge is 0.495 e. The van der Waals surface area contributed by atoms with E-state index in [1.54, 1.807) is 37.3 Å². The van der Waals surface area contributed by atoms with Crippen molar-refractivity contribution < 1.29 is 27.5 Å². The van der Waals surface area contributed by atoms with E-state index in [-0.39, 0.29) is 50.5 Å². The van der Waals surface area contributed by atoms with Gasteiger partial charge < -0.3 is 25.4 Å². The molecule has 1 unspecified atom stereocenters. The minimum atomic E-state index is -4.56. The Morgan fingerprint density at radius 1 is 1.02 bits per heavy atom. The number of methoxy groups -OCH3 is 1. The molecule has 1 heterocycles. The number of anilines is 2. The minimum Gasteiger partial charge on any atom is -0.495 e. The number of nitrogens with two attached hydrogens (primary N) is 1. The van der Waals surface area contributed by atoms with Crippen LogP contribution in [-0.4, -0.2) is 52.1 Å². The molecule has 40 heavy (non-hydrogen) atoms. The van der Waals surface area contributed by atoms with Gasteiger partial charge in [-0.25, -0.2) is 17.5 Å². The van der Waals surface area contributed by atoms with Crippen LogP contribution in [-0.2, 0) is 20.4 Å². The van der Waals surface area contributed by atoms with Crippen molar-refractivity contribution >= 4 is 44.9 Å². The average Bonchev–Trinajstić information content (AvgIpc) is 3.18. The number of halogens is 1. The number of hydrogen-bond acceptors (Lipinski definition) is 7. The molecule has 0 aromatic heterocycles. The SMILES string of the molecule is CCOc1ccc2c(c1NC(=O)N(CC)CC)C(N)(c1ccccc1Cl)C(=O)N2S(=O)(=O)c1ccccc1OC. The molecule has 0 bridgehead atoms. The van der Waals surface area contributed by atoms with Crippen LogP contribution in [0.15, 0.2) is 65.6 Å². The second-order valence-corrected chi connectivity index (χ2v) is 11.0. The van der Waals surface area contributed by atoms with E-state index in [1.165, 1.54) is 42.3 Å². The maximum absolute atomic E-state index is 14.4. The molecule has 1 aliphatic rings. The number of carbonyl (C=O) groups is 2. The third kappa shape index (κ3) is 4.63. The molecule has 0 aliphatic carbocycles. The molecular weight excluding hydrogens is 556 g/mol. The predicted molar refractivity (Wildman–Crippen MR) is 154 cm³/mol. The van der Waals surface area contributed by atoms with Crippen LogP contribution in [0.3, 0.4) is 0 Å². The highest BCUT2D eigenvalue weighted by Crippen LogP contribution is 2.53. The maximum atomic E-state index is 14.4. The number of para-hydroxylation sites is 1. The maximum Gasteiger partial charge on any atom is 0.321 e. The van der Waals surface area contributed by atoms with Gasteiger partial charge in [0.15, 0.2) is 5.54 Å². The van der Waals surface area contributed by atoms with E-state index < -0.39 is 27.5 Å². The molecule has 3 aromatic rings. The van der Waals surface area contributed by atoms with Gasteiger partial charge in [-0.3, -0.25) is 4.79 Å². The quantitative estimate of drug-likeness (QED) is 0.376. The molecule has 0 radical (unpaired) electrons. The van der Waals surface area contributed by atoms with Gasteiger partial charge in [-0.15, -0.1) is 0 Å². The van der Waals surface area contributed by atoms with Crippen molar-refractivity contribution in [3.05, 3.63) is 76.8 Å². The van der Waals surface area contributed by atoms with Gasteiger partial charge in [0.25, 0.3) is 15.9 Å². The Kier molecular flexibility index (Phi) is 8.29. The third-order valence-corrected chi connectivity index (χ3v) is 8.81. The van der Waals surface area contributed by atoms with Crippen molar-refractivity contribution in [1.82, 2.24) is 4.90 Å². The first-order valence-corrected chi connectivity index (χ1v) is 14.5. The number of amides is 3. The number of ether oxygens (including phenoxy) is 2. The fraction of sp³-hybridized carbons (Fsp3) is 0.286. The lowest BCUT2D eigenvalue weighted by Crippen LogP contribution is -2.50. The zero-order valence-corrected chi connectivity index (χ0v) is 24.2. The lowest BCUT2D eigenvalue weighted by molar-refractivity contribution is -0.120. The summed E-state index contributed by atoms with van der Waals surface area (Å²) < 4.78 is 40.1. The Morgan fingerprint density at radius 2 is 1.68 bits per heavy atom. The molecule has 1 aliphatic heterocycles. The van der Waals surface area contributed by atoms with Crippen LogP contribution in [0.4, 0.5) is 16.2 Å². The van der Waals surface area contributed by atoms with Crippen molar-refractivity contribution in [3.63, 3.8) is 0 Å². The summed E-state index contributed by atoms with van der Waals surface area (Å²) in [6.07, 6.45) is 0. The molecule has 0 saturated carbocycles. The molecule has 3 amide bonds. The summed E-state index contributed by atoms with van der Waals surface area (Å²) in [6, 6.07) is 14.8. The molecular formula is C28H31ClN4O6S. The van der Waals surface area contributed by atoms with E-state index in [0.29, 0.717) is 17.4 Å². The van der Waals surface area contributed by atoms with Gasteiger partial charge in [0.05, 0.1) is 25.1 Å². The number of rotatable bonds is 9. The van der Waals surface area contributed by atoms with E-state index in [4.69, 9.17) is 26.8 Å². The number of nitrogens with zero attached hydrogens (tertiary/aromatic N) is 2. The molecule has 4 rings (SSSR count). The van der Waals surface area contributed by atoms with E-state index in [9.17, 15) is 18.0 Å². The van der Waals surface area contributed by atoms with Crippen molar-refractivity contribution in [3.8, 4) is 11.5 Å². The molecule has 12 heteroatoms. The Labute approximate surface area is 238 Å². The van der Waals surface area contributed by atoms with Gasteiger partial charge in [0, 0.05) is 29.2 Å². The number of nitrogens with one attached hydrogen (secondary N) is 1. The summed E-state index contributed by atoms with van der Waals surface area (Å²) in [5.74, 6) is -0.716. The van der Waals surface area contributed by atoms with Crippen LogP contribution in [0, 0.1) is 0 Å². The second-order valence-electron chi connectivity index (χ2n) is 8.88. The molecule has 0 spiro atoms. The second kappa shape index (κ2) is 11.4. The average molecular weight is 587 g/mol. The molecule has 3 N–H and O–H groups in total. The zero-order chi connectivity index (χ0) is 29.2.